The summed E-state index contributed by atoms with van der Waals surface area (Å²) in [7, 11) is 6.72. The molecule has 7 nitrogen and oxygen atoms in total. The van der Waals surface area contributed by atoms with Gasteiger partial charge in [0.05, 0.1) is 35.0 Å². The third-order valence-corrected chi connectivity index (χ3v) is 8.34. The molecule has 5 rings (SSSR count). The Morgan fingerprint density at radius 1 is 0.838 bits per heavy atom. The molecule has 0 saturated carbocycles. The number of carbonyl (C=O) groups is 1. The summed E-state index contributed by atoms with van der Waals surface area (Å²) in [6, 6.07) is 10.0. The van der Waals surface area contributed by atoms with Crippen LogP contribution in [0.2, 0.25) is 0 Å². The molecule has 0 bridgehead atoms. The zero-order valence-electron chi connectivity index (χ0n) is 22.8. The third kappa shape index (κ3) is 4.54. The lowest BCUT2D eigenvalue weighted by atomic mass is 9.72. The van der Waals surface area contributed by atoms with E-state index in [1.165, 1.54) is 11.3 Å². The van der Waals surface area contributed by atoms with Crippen LogP contribution in [-0.4, -0.2) is 57.2 Å². The SMILES string of the molecule is COc1cc(CN2CCC3(CC2)CC(=O)N2Cc4cc(OC)cc(OC)c4C(C)(C)C=C23)cc(OC)c1. The highest BCUT2D eigenvalue weighted by Gasteiger charge is 2.51. The molecule has 37 heavy (non-hydrogen) atoms. The summed E-state index contributed by atoms with van der Waals surface area (Å²) in [5.74, 6) is 3.37. The van der Waals surface area contributed by atoms with Crippen molar-refractivity contribution in [2.24, 2.45) is 5.41 Å². The van der Waals surface area contributed by atoms with Crippen molar-refractivity contribution in [1.82, 2.24) is 9.80 Å². The molecule has 0 N–H and O–H groups in total. The first-order valence-electron chi connectivity index (χ1n) is 13.0. The molecule has 2 aromatic rings. The highest BCUT2D eigenvalue weighted by atomic mass is 16.5. The number of ether oxygens (including phenoxy) is 4. The van der Waals surface area contributed by atoms with Crippen molar-refractivity contribution < 1.29 is 23.7 Å². The van der Waals surface area contributed by atoms with Crippen LogP contribution in [0.25, 0.3) is 0 Å². The first-order chi connectivity index (χ1) is 17.7. The minimum absolute atomic E-state index is 0.129. The van der Waals surface area contributed by atoms with Gasteiger partial charge in [-0.2, -0.15) is 0 Å². The van der Waals surface area contributed by atoms with Gasteiger partial charge in [0, 0.05) is 47.2 Å². The predicted molar refractivity (Wildman–Crippen MR) is 142 cm³/mol. The molecule has 0 atom stereocenters. The number of hydrogen-bond donors (Lipinski definition) is 0. The summed E-state index contributed by atoms with van der Waals surface area (Å²) >= 11 is 0. The summed E-state index contributed by atoms with van der Waals surface area (Å²) in [5.41, 5.74) is 4.15. The first-order valence-corrected chi connectivity index (χ1v) is 13.0. The Morgan fingerprint density at radius 2 is 1.46 bits per heavy atom. The van der Waals surface area contributed by atoms with Crippen LogP contribution in [0.15, 0.2) is 42.1 Å². The van der Waals surface area contributed by atoms with E-state index in [1.807, 2.05) is 17.0 Å². The van der Waals surface area contributed by atoms with Gasteiger partial charge >= 0.3 is 0 Å². The van der Waals surface area contributed by atoms with E-state index in [0.29, 0.717) is 13.0 Å². The molecule has 3 aliphatic rings. The fraction of sp³-hybridized carbons (Fsp3) is 0.500. The minimum atomic E-state index is -0.289. The number of allylic oxidation sites excluding steroid dienone is 2. The smallest absolute Gasteiger partial charge is 0.228 e. The Bertz CT molecular complexity index is 1200. The van der Waals surface area contributed by atoms with Crippen LogP contribution < -0.4 is 18.9 Å². The van der Waals surface area contributed by atoms with Gasteiger partial charge in [0.1, 0.15) is 23.0 Å². The van der Waals surface area contributed by atoms with Crippen LogP contribution in [0.5, 0.6) is 23.0 Å². The second-order valence-corrected chi connectivity index (χ2v) is 11.0. The molecule has 2 aromatic carbocycles. The van der Waals surface area contributed by atoms with E-state index in [1.54, 1.807) is 28.4 Å². The van der Waals surface area contributed by atoms with Gasteiger partial charge in [0.25, 0.3) is 0 Å². The van der Waals surface area contributed by atoms with E-state index < -0.39 is 0 Å². The molecule has 198 valence electrons. The monoisotopic (exact) mass is 506 g/mol. The van der Waals surface area contributed by atoms with Crippen LogP contribution >= 0.6 is 0 Å². The molecular formula is C30H38N2O5. The van der Waals surface area contributed by atoms with Crippen molar-refractivity contribution in [3.63, 3.8) is 0 Å². The second kappa shape index (κ2) is 9.60. The quantitative estimate of drug-likeness (QED) is 0.555. The Labute approximate surface area is 219 Å². The number of carbonyl (C=O) groups excluding carboxylic acids is 1. The van der Waals surface area contributed by atoms with E-state index in [-0.39, 0.29) is 16.7 Å². The van der Waals surface area contributed by atoms with Gasteiger partial charge in [-0.05, 0) is 55.3 Å². The molecule has 1 spiro atoms. The van der Waals surface area contributed by atoms with Crippen LogP contribution in [0.4, 0.5) is 0 Å². The molecule has 0 aliphatic carbocycles. The predicted octanol–water partition coefficient (Wildman–Crippen LogP) is 4.91. The van der Waals surface area contributed by atoms with Crippen molar-refractivity contribution in [3.8, 4) is 23.0 Å². The summed E-state index contributed by atoms with van der Waals surface area (Å²) in [6.45, 7) is 7.68. The summed E-state index contributed by atoms with van der Waals surface area (Å²) in [5, 5.41) is 0. The molecule has 2 fully saturated rings. The van der Waals surface area contributed by atoms with Crippen LogP contribution in [-0.2, 0) is 23.3 Å². The number of likely N-dealkylation sites (tertiary alicyclic amines) is 1. The van der Waals surface area contributed by atoms with Crippen molar-refractivity contribution in [1.29, 1.82) is 0 Å². The van der Waals surface area contributed by atoms with E-state index in [0.717, 1.165) is 66.6 Å². The molecular weight excluding hydrogens is 468 g/mol. The van der Waals surface area contributed by atoms with E-state index >= 15 is 0 Å². The van der Waals surface area contributed by atoms with Crippen molar-refractivity contribution in [2.75, 3.05) is 41.5 Å². The molecule has 2 saturated heterocycles. The summed E-state index contributed by atoms with van der Waals surface area (Å²) in [4.78, 5) is 18.0. The number of methoxy groups -OCH3 is 4. The number of rotatable bonds is 6. The highest BCUT2D eigenvalue weighted by Crippen LogP contribution is 2.53. The van der Waals surface area contributed by atoms with Gasteiger partial charge in [-0.15, -0.1) is 0 Å². The maximum absolute atomic E-state index is 13.5. The average Bonchev–Trinajstić information content (AvgIpc) is 3.04. The van der Waals surface area contributed by atoms with Gasteiger partial charge in [-0.3, -0.25) is 9.69 Å². The van der Waals surface area contributed by atoms with Crippen LogP contribution in [0.3, 0.4) is 0 Å². The Morgan fingerprint density at radius 3 is 2.05 bits per heavy atom. The van der Waals surface area contributed by atoms with Gasteiger partial charge in [0.15, 0.2) is 0 Å². The molecule has 3 heterocycles. The van der Waals surface area contributed by atoms with Crippen molar-refractivity contribution >= 4 is 5.91 Å². The molecule has 0 radical (unpaired) electrons. The standard InChI is InChI=1S/C30H38N2O5/c1-29(2)16-26-30(7-9-31(10-8-30)18-20-11-22(34-3)14-23(12-20)35-4)17-27(33)32(26)19-21-13-24(36-5)15-25(37-6)28(21)29/h11-16H,7-10,17-19H2,1-6H3. The van der Waals surface area contributed by atoms with E-state index in [9.17, 15) is 4.79 Å². The maximum atomic E-state index is 13.5. The second-order valence-electron chi connectivity index (χ2n) is 11.0. The Hall–Kier alpha value is -3.19. The van der Waals surface area contributed by atoms with E-state index in [4.69, 9.17) is 18.9 Å². The van der Waals surface area contributed by atoms with Gasteiger partial charge in [0.2, 0.25) is 5.91 Å². The topological polar surface area (TPSA) is 60.5 Å². The molecule has 0 unspecified atom stereocenters. The highest BCUT2D eigenvalue weighted by molar-refractivity contribution is 5.84. The maximum Gasteiger partial charge on any atom is 0.228 e. The van der Waals surface area contributed by atoms with Gasteiger partial charge < -0.3 is 23.8 Å². The minimum Gasteiger partial charge on any atom is -0.497 e. The largest absolute Gasteiger partial charge is 0.497 e. The van der Waals surface area contributed by atoms with Crippen molar-refractivity contribution in [2.45, 2.75) is 51.6 Å². The Balaban J connectivity index is 1.41. The summed E-state index contributed by atoms with van der Waals surface area (Å²) in [6.07, 6.45) is 4.82. The lowest BCUT2D eigenvalue weighted by Gasteiger charge is -2.40. The zero-order chi connectivity index (χ0) is 26.4. The lowest BCUT2D eigenvalue weighted by molar-refractivity contribution is -0.127. The van der Waals surface area contributed by atoms with Gasteiger partial charge in [-0.25, -0.2) is 0 Å². The molecule has 0 aromatic heterocycles. The molecule has 7 heteroatoms. The fourth-order valence-corrected chi connectivity index (χ4v) is 6.45. The fourth-order valence-electron chi connectivity index (χ4n) is 6.45. The van der Waals surface area contributed by atoms with Gasteiger partial charge in [-0.1, -0.05) is 19.9 Å². The number of benzene rings is 2. The van der Waals surface area contributed by atoms with Crippen LogP contribution in [0, 0.1) is 5.41 Å². The Kier molecular flexibility index (Phi) is 6.61. The number of amides is 1. The number of hydrogen-bond acceptors (Lipinski definition) is 6. The molecule has 1 amide bonds. The number of nitrogens with zero attached hydrogens (tertiary/aromatic N) is 2. The average molecular weight is 507 g/mol. The first kappa shape index (κ1) is 25.5. The van der Waals surface area contributed by atoms with Crippen LogP contribution in [0.1, 0.15) is 49.8 Å². The van der Waals surface area contributed by atoms with E-state index in [2.05, 4.69) is 43.0 Å². The van der Waals surface area contributed by atoms with Crippen molar-refractivity contribution in [3.05, 3.63) is 58.8 Å². The number of fused-ring (bicyclic) bond motifs is 3. The normalized spacial score (nSPS) is 20.1. The number of piperidine rings is 1. The zero-order valence-corrected chi connectivity index (χ0v) is 22.8. The lowest BCUT2D eigenvalue weighted by Crippen LogP contribution is -2.40. The summed E-state index contributed by atoms with van der Waals surface area (Å²) < 4.78 is 22.3. The third-order valence-electron chi connectivity index (χ3n) is 8.34. The molecule has 3 aliphatic heterocycles.